The number of nitrogens with one attached hydrogen (secondary N) is 1. The van der Waals surface area contributed by atoms with Gasteiger partial charge < -0.3 is 11.1 Å². The van der Waals surface area contributed by atoms with Gasteiger partial charge in [0.25, 0.3) is 0 Å². The number of aryl methyl sites for hydroxylation is 2. The Balaban J connectivity index is 0.00000264. The zero-order valence-electron chi connectivity index (χ0n) is 13.7. The number of thioether (sulfide) groups is 1. The Morgan fingerprint density at radius 3 is 2.48 bits per heavy atom. The summed E-state index contributed by atoms with van der Waals surface area (Å²) in [7, 11) is 0. The van der Waals surface area contributed by atoms with E-state index < -0.39 is 0 Å². The highest BCUT2D eigenvalue weighted by Gasteiger charge is 2.04. The summed E-state index contributed by atoms with van der Waals surface area (Å²) in [4.78, 5) is 5.69. The number of hydrogen-bond donors (Lipinski definition) is 2. The second-order valence-electron chi connectivity index (χ2n) is 5.39. The lowest BCUT2D eigenvalue weighted by Crippen LogP contribution is -2.24. The number of nitrogens with two attached hydrogens (primary N) is 1. The number of guanidine groups is 1. The van der Waals surface area contributed by atoms with E-state index in [2.05, 4.69) is 55.3 Å². The van der Waals surface area contributed by atoms with E-state index in [0.29, 0.717) is 17.8 Å². The third kappa shape index (κ3) is 6.83. The molecule has 0 amide bonds. The van der Waals surface area contributed by atoms with E-state index in [-0.39, 0.29) is 24.0 Å². The van der Waals surface area contributed by atoms with Crippen LogP contribution < -0.4 is 11.1 Å². The van der Waals surface area contributed by atoms with Gasteiger partial charge in [0, 0.05) is 15.8 Å². The van der Waals surface area contributed by atoms with Crippen molar-refractivity contribution in [1.82, 2.24) is 0 Å². The van der Waals surface area contributed by atoms with E-state index in [1.807, 2.05) is 24.3 Å². The third-order valence-corrected chi connectivity index (χ3v) is 4.47. The first-order valence-electron chi connectivity index (χ1n) is 7.40. The molecule has 1 unspecified atom stereocenters. The first-order valence-corrected chi connectivity index (χ1v) is 8.28. The molecule has 0 spiro atoms. The number of nitrogens with zero attached hydrogens (tertiary/aromatic N) is 1. The van der Waals surface area contributed by atoms with Crippen LogP contribution in [0.5, 0.6) is 0 Å². The van der Waals surface area contributed by atoms with Crippen LogP contribution in [-0.2, 0) is 0 Å². The maximum atomic E-state index is 5.97. The predicted molar refractivity (Wildman–Crippen MR) is 113 cm³/mol. The molecule has 5 heteroatoms. The quantitative estimate of drug-likeness (QED) is 0.303. The van der Waals surface area contributed by atoms with Crippen molar-refractivity contribution in [1.29, 1.82) is 0 Å². The number of aliphatic imine (C=N–C) groups is 1. The molecule has 0 heterocycles. The monoisotopic (exact) mass is 441 g/mol. The van der Waals surface area contributed by atoms with Crippen LogP contribution in [-0.4, -0.2) is 17.8 Å². The van der Waals surface area contributed by atoms with E-state index in [1.54, 1.807) is 11.8 Å². The second-order valence-corrected chi connectivity index (χ2v) is 6.90. The highest BCUT2D eigenvalue weighted by atomic mass is 127. The minimum absolute atomic E-state index is 0. The summed E-state index contributed by atoms with van der Waals surface area (Å²) >= 11 is 1.81. The van der Waals surface area contributed by atoms with Gasteiger partial charge in [0.15, 0.2) is 5.96 Å². The van der Waals surface area contributed by atoms with Crippen molar-refractivity contribution in [2.75, 3.05) is 11.9 Å². The normalized spacial score (nSPS) is 12.4. The fourth-order valence-corrected chi connectivity index (χ4v) is 2.93. The number of anilines is 1. The number of hydrogen-bond acceptors (Lipinski definition) is 2. The van der Waals surface area contributed by atoms with Gasteiger partial charge in [0.1, 0.15) is 0 Å². The Morgan fingerprint density at radius 2 is 1.83 bits per heavy atom. The fraction of sp³-hybridized carbons (Fsp3) is 0.278. The summed E-state index contributed by atoms with van der Waals surface area (Å²) in [6, 6.07) is 16.5. The van der Waals surface area contributed by atoms with Crippen molar-refractivity contribution in [3.05, 3.63) is 59.7 Å². The minimum atomic E-state index is 0. The maximum Gasteiger partial charge on any atom is 0.193 e. The van der Waals surface area contributed by atoms with E-state index in [4.69, 9.17) is 5.73 Å². The number of benzene rings is 2. The van der Waals surface area contributed by atoms with Crippen LogP contribution in [0.3, 0.4) is 0 Å². The lowest BCUT2D eigenvalue weighted by molar-refractivity contribution is 0.948. The van der Waals surface area contributed by atoms with Gasteiger partial charge in [-0.05, 0) is 49.2 Å². The molecule has 124 valence electrons. The third-order valence-electron chi connectivity index (χ3n) is 3.38. The van der Waals surface area contributed by atoms with Crippen LogP contribution in [0, 0.1) is 13.8 Å². The first-order chi connectivity index (χ1) is 10.5. The Labute approximate surface area is 160 Å². The molecule has 0 aromatic heterocycles. The van der Waals surface area contributed by atoms with Crippen LogP contribution in [0.1, 0.15) is 18.1 Å². The lowest BCUT2D eigenvalue weighted by atomic mass is 10.1. The Hall–Kier alpha value is -1.21. The van der Waals surface area contributed by atoms with E-state index >= 15 is 0 Å². The van der Waals surface area contributed by atoms with E-state index in [1.165, 1.54) is 16.0 Å². The van der Waals surface area contributed by atoms with Gasteiger partial charge in [-0.15, -0.1) is 35.7 Å². The Morgan fingerprint density at radius 1 is 1.13 bits per heavy atom. The molecule has 3 nitrogen and oxygen atoms in total. The molecular weight excluding hydrogens is 417 g/mol. The molecule has 2 rings (SSSR count). The molecule has 2 aromatic carbocycles. The average Bonchev–Trinajstić information content (AvgIpc) is 2.50. The largest absolute Gasteiger partial charge is 0.370 e. The van der Waals surface area contributed by atoms with Crippen molar-refractivity contribution in [3.8, 4) is 0 Å². The molecule has 23 heavy (non-hydrogen) atoms. The van der Waals surface area contributed by atoms with Gasteiger partial charge in [0.05, 0.1) is 6.54 Å². The highest BCUT2D eigenvalue weighted by Crippen LogP contribution is 2.22. The maximum absolute atomic E-state index is 5.97. The second kappa shape index (κ2) is 9.82. The van der Waals surface area contributed by atoms with Crippen LogP contribution in [0.15, 0.2) is 58.4 Å². The molecule has 0 aliphatic rings. The Kier molecular flexibility index (Phi) is 8.47. The lowest BCUT2D eigenvalue weighted by Gasteiger charge is -2.11. The molecule has 0 saturated carbocycles. The molecule has 1 atom stereocenters. The SMILES string of the molecule is Cc1ccc(NC(N)=NCC(C)Sc2ccccc2)cc1C.I. The molecule has 2 aromatic rings. The molecule has 0 fully saturated rings. The molecular formula is C18H24IN3S. The average molecular weight is 441 g/mol. The highest BCUT2D eigenvalue weighted by molar-refractivity contribution is 14.0. The van der Waals surface area contributed by atoms with Crippen LogP contribution >= 0.6 is 35.7 Å². The van der Waals surface area contributed by atoms with Crippen LogP contribution in [0.4, 0.5) is 5.69 Å². The van der Waals surface area contributed by atoms with Crippen molar-refractivity contribution in [3.63, 3.8) is 0 Å². The van der Waals surface area contributed by atoms with Crippen molar-refractivity contribution in [2.24, 2.45) is 10.7 Å². The summed E-state index contributed by atoms with van der Waals surface area (Å²) < 4.78 is 0. The zero-order chi connectivity index (χ0) is 15.9. The molecule has 0 aliphatic heterocycles. The Bertz CT molecular complexity index is 644. The fourth-order valence-electron chi connectivity index (χ4n) is 2.00. The van der Waals surface area contributed by atoms with Gasteiger partial charge in [-0.3, -0.25) is 4.99 Å². The van der Waals surface area contributed by atoms with Crippen molar-refractivity contribution in [2.45, 2.75) is 30.9 Å². The molecule has 0 bridgehead atoms. The number of halogens is 1. The molecule has 0 saturated heterocycles. The van der Waals surface area contributed by atoms with E-state index in [9.17, 15) is 0 Å². The van der Waals surface area contributed by atoms with E-state index in [0.717, 1.165) is 5.69 Å². The van der Waals surface area contributed by atoms with Crippen LogP contribution in [0.25, 0.3) is 0 Å². The van der Waals surface area contributed by atoms with Gasteiger partial charge in [-0.25, -0.2) is 0 Å². The summed E-state index contributed by atoms with van der Waals surface area (Å²) in [6.07, 6.45) is 0. The zero-order valence-corrected chi connectivity index (χ0v) is 16.9. The molecule has 0 aliphatic carbocycles. The summed E-state index contributed by atoms with van der Waals surface area (Å²) in [5.41, 5.74) is 9.46. The first kappa shape index (κ1) is 19.8. The van der Waals surface area contributed by atoms with Gasteiger partial charge in [0.2, 0.25) is 0 Å². The molecule has 3 N–H and O–H groups in total. The summed E-state index contributed by atoms with van der Waals surface area (Å²) in [5.74, 6) is 0.462. The van der Waals surface area contributed by atoms with Gasteiger partial charge >= 0.3 is 0 Å². The van der Waals surface area contributed by atoms with Crippen molar-refractivity contribution < 1.29 is 0 Å². The topological polar surface area (TPSA) is 50.4 Å². The standard InChI is InChI=1S/C18H23N3S.HI/c1-13-9-10-16(11-14(13)2)21-18(19)20-12-15(3)22-17-7-5-4-6-8-17;/h4-11,15H,12H2,1-3H3,(H3,19,20,21);1H. The van der Waals surface area contributed by atoms with Crippen molar-refractivity contribution >= 4 is 47.4 Å². The summed E-state index contributed by atoms with van der Waals surface area (Å²) in [6.45, 7) is 7.03. The number of rotatable bonds is 5. The molecule has 0 radical (unpaired) electrons. The van der Waals surface area contributed by atoms with Gasteiger partial charge in [-0.1, -0.05) is 31.2 Å². The smallest absolute Gasteiger partial charge is 0.193 e. The summed E-state index contributed by atoms with van der Waals surface area (Å²) in [5, 5.41) is 3.52. The predicted octanol–water partition coefficient (Wildman–Crippen LogP) is 4.83. The van der Waals surface area contributed by atoms with Gasteiger partial charge in [-0.2, -0.15) is 0 Å². The minimum Gasteiger partial charge on any atom is -0.370 e. The van der Waals surface area contributed by atoms with Crippen LogP contribution in [0.2, 0.25) is 0 Å².